The van der Waals surface area contributed by atoms with Crippen molar-refractivity contribution < 1.29 is 23.0 Å². The lowest BCUT2D eigenvalue weighted by Crippen LogP contribution is -2.31. The Hall–Kier alpha value is -1.92. The normalized spacial score (nSPS) is 21.6. The third-order valence-electron chi connectivity index (χ3n) is 7.55. The van der Waals surface area contributed by atoms with Crippen LogP contribution in [0.1, 0.15) is 123 Å². The first-order valence-corrected chi connectivity index (χ1v) is 12.4. The fourth-order valence-corrected chi connectivity index (χ4v) is 5.93. The van der Waals surface area contributed by atoms with Crippen LogP contribution in [0.2, 0.25) is 0 Å². The number of aliphatic hydroxyl groups excluding tert-OH is 1. The maximum Gasteiger partial charge on any atom is 0.416 e. The SMILES string of the molecule is CO[C@H]1CC(C)(C)Cc2nc(C(C)C)c([C@@H](O)c3ccc(C(F)(F)F)cc3)c(C3CCCC3)c21. The largest absolute Gasteiger partial charge is 0.416 e. The molecule has 3 nitrogen and oxygen atoms in total. The van der Waals surface area contributed by atoms with Gasteiger partial charge in [-0.3, -0.25) is 4.98 Å². The summed E-state index contributed by atoms with van der Waals surface area (Å²) in [6.45, 7) is 8.60. The summed E-state index contributed by atoms with van der Waals surface area (Å²) in [5.41, 5.74) is 4.73. The van der Waals surface area contributed by atoms with Crippen molar-refractivity contribution in [1.29, 1.82) is 0 Å². The van der Waals surface area contributed by atoms with Gasteiger partial charge in [-0.05, 0) is 66.2 Å². The van der Waals surface area contributed by atoms with Crippen LogP contribution in [0.4, 0.5) is 13.2 Å². The molecule has 6 heteroatoms. The van der Waals surface area contributed by atoms with Crippen molar-refractivity contribution in [2.24, 2.45) is 5.41 Å². The molecular formula is C28H36F3NO2. The lowest BCUT2D eigenvalue weighted by molar-refractivity contribution is -0.137. The zero-order valence-corrected chi connectivity index (χ0v) is 20.8. The number of halogens is 3. The Balaban J connectivity index is 1.94. The Bertz CT molecular complexity index is 1020. The third kappa shape index (κ3) is 4.76. The summed E-state index contributed by atoms with van der Waals surface area (Å²) in [6.07, 6.45) is 0.513. The van der Waals surface area contributed by atoms with E-state index in [9.17, 15) is 18.3 Å². The Kier molecular flexibility index (Phi) is 6.87. The topological polar surface area (TPSA) is 42.4 Å². The van der Waals surface area contributed by atoms with Crippen LogP contribution in [-0.2, 0) is 17.3 Å². The number of aliphatic hydroxyl groups is 1. The zero-order valence-electron chi connectivity index (χ0n) is 20.8. The molecule has 0 amide bonds. The lowest BCUT2D eigenvalue weighted by atomic mass is 9.70. The minimum atomic E-state index is -4.41. The van der Waals surface area contributed by atoms with Gasteiger partial charge in [0.15, 0.2) is 0 Å². The van der Waals surface area contributed by atoms with Gasteiger partial charge in [0.05, 0.1) is 11.7 Å². The van der Waals surface area contributed by atoms with Crippen LogP contribution in [0, 0.1) is 5.41 Å². The molecule has 0 bridgehead atoms. The zero-order chi connectivity index (χ0) is 24.8. The first-order valence-electron chi connectivity index (χ1n) is 12.4. The van der Waals surface area contributed by atoms with Crippen LogP contribution in [0.15, 0.2) is 24.3 Å². The van der Waals surface area contributed by atoms with Gasteiger partial charge in [0.1, 0.15) is 6.10 Å². The minimum absolute atomic E-state index is 0.0510. The molecule has 0 saturated heterocycles. The van der Waals surface area contributed by atoms with Crippen molar-refractivity contribution in [2.45, 2.75) is 96.4 Å². The summed E-state index contributed by atoms with van der Waals surface area (Å²) >= 11 is 0. The monoisotopic (exact) mass is 475 g/mol. The average molecular weight is 476 g/mol. The highest BCUT2D eigenvalue weighted by Gasteiger charge is 2.40. The summed E-state index contributed by atoms with van der Waals surface area (Å²) in [5.74, 6) is 0.364. The van der Waals surface area contributed by atoms with E-state index in [0.717, 1.165) is 78.7 Å². The van der Waals surface area contributed by atoms with Gasteiger partial charge in [-0.1, -0.05) is 52.7 Å². The van der Waals surface area contributed by atoms with E-state index in [1.54, 1.807) is 7.11 Å². The number of benzene rings is 1. The molecule has 186 valence electrons. The van der Waals surface area contributed by atoms with Crippen LogP contribution in [-0.4, -0.2) is 17.2 Å². The molecule has 1 saturated carbocycles. The van der Waals surface area contributed by atoms with Crippen molar-refractivity contribution in [3.8, 4) is 0 Å². The van der Waals surface area contributed by atoms with Crippen LogP contribution in [0.5, 0.6) is 0 Å². The number of hydrogen-bond acceptors (Lipinski definition) is 3. The second-order valence-corrected chi connectivity index (χ2v) is 11.1. The lowest BCUT2D eigenvalue weighted by Gasteiger charge is -2.40. The predicted octanol–water partition coefficient (Wildman–Crippen LogP) is 7.62. The van der Waals surface area contributed by atoms with E-state index in [0.29, 0.717) is 11.5 Å². The quantitative estimate of drug-likeness (QED) is 0.484. The standard InChI is InChI=1S/C28H36F3NO2/c1-16(2)25-24(26(33)18-10-12-19(13-11-18)28(29,30)31)22(17-8-6-7-9-17)23-20(32-25)14-27(3,4)15-21(23)34-5/h10-13,16-17,21,26,33H,6-9,14-15H2,1-5H3/t21-,26-/m0/s1. The first kappa shape index (κ1) is 25.2. The molecule has 1 N–H and O–H groups in total. The van der Waals surface area contributed by atoms with E-state index in [4.69, 9.17) is 9.72 Å². The number of hydrogen-bond donors (Lipinski definition) is 1. The minimum Gasteiger partial charge on any atom is -0.384 e. The van der Waals surface area contributed by atoms with Gasteiger partial charge in [-0.2, -0.15) is 13.2 Å². The number of rotatable bonds is 5. The number of aromatic nitrogens is 1. The van der Waals surface area contributed by atoms with Crippen molar-refractivity contribution in [3.63, 3.8) is 0 Å². The van der Waals surface area contributed by atoms with Crippen LogP contribution < -0.4 is 0 Å². The van der Waals surface area contributed by atoms with Gasteiger partial charge < -0.3 is 9.84 Å². The Morgan fingerprint density at radius 2 is 1.68 bits per heavy atom. The molecule has 2 aliphatic rings. The van der Waals surface area contributed by atoms with Crippen LogP contribution >= 0.6 is 0 Å². The van der Waals surface area contributed by atoms with Crippen molar-refractivity contribution in [3.05, 3.63) is 63.5 Å². The summed E-state index contributed by atoms with van der Waals surface area (Å²) in [5, 5.41) is 11.7. The highest BCUT2D eigenvalue weighted by molar-refractivity contribution is 5.50. The highest BCUT2D eigenvalue weighted by atomic mass is 19.4. The predicted molar refractivity (Wildman–Crippen MR) is 127 cm³/mol. The molecule has 2 aliphatic carbocycles. The van der Waals surface area contributed by atoms with E-state index in [1.165, 1.54) is 12.1 Å². The van der Waals surface area contributed by atoms with Crippen LogP contribution in [0.25, 0.3) is 0 Å². The Morgan fingerprint density at radius 3 is 2.21 bits per heavy atom. The second-order valence-electron chi connectivity index (χ2n) is 11.1. The molecule has 0 radical (unpaired) electrons. The second kappa shape index (κ2) is 9.27. The number of methoxy groups -OCH3 is 1. The molecule has 1 aromatic heterocycles. The number of pyridine rings is 1. The van der Waals surface area contributed by atoms with Gasteiger partial charge >= 0.3 is 6.18 Å². The van der Waals surface area contributed by atoms with Gasteiger partial charge in [0, 0.05) is 29.6 Å². The number of fused-ring (bicyclic) bond motifs is 1. The van der Waals surface area contributed by atoms with E-state index in [2.05, 4.69) is 27.7 Å². The van der Waals surface area contributed by atoms with Gasteiger partial charge in [-0.15, -0.1) is 0 Å². The molecule has 1 fully saturated rings. The molecule has 2 aromatic rings. The maximum atomic E-state index is 13.1. The van der Waals surface area contributed by atoms with E-state index >= 15 is 0 Å². The number of ether oxygens (including phenoxy) is 1. The number of alkyl halides is 3. The fraction of sp³-hybridized carbons (Fsp3) is 0.607. The maximum absolute atomic E-state index is 13.1. The van der Waals surface area contributed by atoms with Gasteiger partial charge in [0.25, 0.3) is 0 Å². The molecular weight excluding hydrogens is 439 g/mol. The van der Waals surface area contributed by atoms with E-state index < -0.39 is 17.8 Å². The smallest absolute Gasteiger partial charge is 0.384 e. The van der Waals surface area contributed by atoms with Crippen LogP contribution in [0.3, 0.4) is 0 Å². The van der Waals surface area contributed by atoms with Crippen molar-refractivity contribution >= 4 is 0 Å². The highest BCUT2D eigenvalue weighted by Crippen LogP contribution is 2.51. The summed E-state index contributed by atoms with van der Waals surface area (Å²) < 4.78 is 45.4. The van der Waals surface area contributed by atoms with Gasteiger partial charge in [-0.25, -0.2) is 0 Å². The van der Waals surface area contributed by atoms with E-state index in [1.807, 2.05) is 0 Å². The number of nitrogens with zero attached hydrogens (tertiary/aromatic N) is 1. The molecule has 1 heterocycles. The molecule has 0 unspecified atom stereocenters. The van der Waals surface area contributed by atoms with Crippen molar-refractivity contribution in [2.75, 3.05) is 7.11 Å². The average Bonchev–Trinajstić information content (AvgIpc) is 3.30. The Morgan fingerprint density at radius 1 is 1.06 bits per heavy atom. The fourth-order valence-electron chi connectivity index (χ4n) is 5.93. The van der Waals surface area contributed by atoms with E-state index in [-0.39, 0.29) is 17.4 Å². The Labute approximate surface area is 200 Å². The summed E-state index contributed by atoms with van der Waals surface area (Å²) in [7, 11) is 1.73. The third-order valence-corrected chi connectivity index (χ3v) is 7.55. The summed E-state index contributed by atoms with van der Waals surface area (Å²) in [4.78, 5) is 5.12. The molecule has 2 atom stereocenters. The molecule has 4 rings (SSSR count). The summed E-state index contributed by atoms with van der Waals surface area (Å²) in [6, 6.07) is 4.89. The molecule has 0 aliphatic heterocycles. The molecule has 34 heavy (non-hydrogen) atoms. The first-order chi connectivity index (χ1) is 15.9. The molecule has 1 aromatic carbocycles. The van der Waals surface area contributed by atoms with Crippen molar-refractivity contribution in [1.82, 2.24) is 4.98 Å². The molecule has 0 spiro atoms. The van der Waals surface area contributed by atoms with Gasteiger partial charge in [0.2, 0.25) is 0 Å².